The van der Waals surface area contributed by atoms with E-state index in [-0.39, 0.29) is 24.8 Å². The Morgan fingerprint density at radius 2 is 1.38 bits per heavy atom. The van der Waals surface area contributed by atoms with Crippen LogP contribution in [0, 0.1) is 23.3 Å². The van der Waals surface area contributed by atoms with Gasteiger partial charge in [0.1, 0.15) is 16.9 Å². The molecule has 0 aromatic heterocycles. The minimum Gasteiger partial charge on any atom is -0.456 e. The van der Waals surface area contributed by atoms with Crippen molar-refractivity contribution in [2.75, 3.05) is 29.7 Å². The minimum absolute atomic E-state index is 0.0488. The molecule has 1 aromatic carbocycles. The van der Waals surface area contributed by atoms with Gasteiger partial charge in [-0.15, -0.1) is 23.2 Å². The molecule has 0 bridgehead atoms. The van der Waals surface area contributed by atoms with E-state index in [1.54, 1.807) is 0 Å². The summed E-state index contributed by atoms with van der Waals surface area (Å²) < 4.78 is 61.7. The van der Waals surface area contributed by atoms with Crippen LogP contribution in [-0.2, 0) is 4.74 Å². The van der Waals surface area contributed by atoms with Crippen LogP contribution in [0.3, 0.4) is 0 Å². The van der Waals surface area contributed by atoms with E-state index in [0.717, 1.165) is 4.90 Å². The predicted octanol–water partition coefficient (Wildman–Crippen LogP) is 4.48. The highest BCUT2D eigenvalue weighted by molar-refractivity contribution is 6.18. The Balaban J connectivity index is 3.47. The van der Waals surface area contributed by atoms with Crippen LogP contribution in [0.1, 0.15) is 31.1 Å². The summed E-state index contributed by atoms with van der Waals surface area (Å²) in [6.45, 7) is 4.17. The van der Waals surface area contributed by atoms with Crippen molar-refractivity contribution in [1.29, 1.82) is 0 Å². The van der Waals surface area contributed by atoms with Crippen LogP contribution in [0.4, 0.5) is 23.2 Å². The molecular formula is C15H17Cl2F4NO2. The predicted molar refractivity (Wildman–Crippen MR) is 85.1 cm³/mol. The largest absolute Gasteiger partial charge is 0.456 e. The van der Waals surface area contributed by atoms with Crippen LogP contribution in [0.25, 0.3) is 0 Å². The molecule has 0 saturated carbocycles. The number of carbonyl (C=O) groups excluding carboxylic acids is 1. The molecule has 0 spiro atoms. The van der Waals surface area contributed by atoms with Crippen molar-refractivity contribution >= 4 is 34.9 Å². The van der Waals surface area contributed by atoms with Gasteiger partial charge in [0.05, 0.1) is 0 Å². The highest BCUT2D eigenvalue weighted by Gasteiger charge is 2.33. The lowest BCUT2D eigenvalue weighted by Crippen LogP contribution is -2.31. The van der Waals surface area contributed by atoms with Crippen LogP contribution >= 0.6 is 23.2 Å². The van der Waals surface area contributed by atoms with Gasteiger partial charge in [-0.3, -0.25) is 0 Å². The molecule has 3 nitrogen and oxygen atoms in total. The lowest BCUT2D eigenvalue weighted by molar-refractivity contribution is 0.00572. The fourth-order valence-electron chi connectivity index (χ4n) is 1.95. The van der Waals surface area contributed by atoms with Gasteiger partial charge in [-0.2, -0.15) is 0 Å². The number of halogens is 6. The number of nitrogens with zero attached hydrogens (tertiary/aromatic N) is 1. The van der Waals surface area contributed by atoms with Crippen LogP contribution in [0.15, 0.2) is 0 Å². The summed E-state index contributed by atoms with van der Waals surface area (Å²) in [6, 6.07) is 0. The number of esters is 1. The van der Waals surface area contributed by atoms with E-state index in [4.69, 9.17) is 27.9 Å². The fraction of sp³-hybridized carbons (Fsp3) is 0.533. The fourth-order valence-corrected chi connectivity index (χ4v) is 2.35. The molecule has 0 saturated heterocycles. The Morgan fingerprint density at radius 1 is 0.958 bits per heavy atom. The van der Waals surface area contributed by atoms with E-state index in [2.05, 4.69) is 0 Å². The first-order chi connectivity index (χ1) is 11.0. The number of ether oxygens (including phenoxy) is 1. The zero-order valence-corrected chi connectivity index (χ0v) is 14.9. The molecule has 0 radical (unpaired) electrons. The summed E-state index contributed by atoms with van der Waals surface area (Å²) in [6.07, 6.45) is 0. The molecule has 0 atom stereocenters. The molecule has 0 amide bonds. The average molecular weight is 390 g/mol. The van der Waals surface area contributed by atoms with E-state index in [9.17, 15) is 22.4 Å². The second-order valence-electron chi connectivity index (χ2n) is 5.85. The Morgan fingerprint density at radius 3 is 1.71 bits per heavy atom. The summed E-state index contributed by atoms with van der Waals surface area (Å²) in [5, 5.41) is 0. The summed E-state index contributed by atoms with van der Waals surface area (Å²) in [5.74, 6) is -8.66. The van der Waals surface area contributed by atoms with Crippen LogP contribution in [0.5, 0.6) is 0 Å². The lowest BCUT2D eigenvalue weighted by Gasteiger charge is -2.25. The maximum atomic E-state index is 14.3. The van der Waals surface area contributed by atoms with Gasteiger partial charge < -0.3 is 9.64 Å². The van der Waals surface area contributed by atoms with Crippen molar-refractivity contribution in [1.82, 2.24) is 0 Å². The van der Waals surface area contributed by atoms with Gasteiger partial charge in [-0.1, -0.05) is 0 Å². The van der Waals surface area contributed by atoms with Crippen molar-refractivity contribution in [3.8, 4) is 0 Å². The molecule has 0 aliphatic rings. The molecule has 136 valence electrons. The zero-order valence-electron chi connectivity index (χ0n) is 13.4. The SMILES string of the molecule is CC(C)(C)OC(=O)c1c(F)c(F)c(N(CCCl)CCCl)c(F)c1F. The number of alkyl halides is 2. The van der Waals surface area contributed by atoms with Crippen molar-refractivity contribution in [3.05, 3.63) is 28.8 Å². The molecule has 0 aliphatic carbocycles. The normalized spacial score (nSPS) is 11.5. The van der Waals surface area contributed by atoms with E-state index in [0.29, 0.717) is 0 Å². The Kier molecular flexibility index (Phi) is 7.16. The third-order valence-electron chi connectivity index (χ3n) is 2.87. The number of anilines is 1. The number of benzene rings is 1. The molecule has 9 heteroatoms. The monoisotopic (exact) mass is 389 g/mol. The summed E-state index contributed by atoms with van der Waals surface area (Å²) >= 11 is 11.1. The minimum atomic E-state index is -1.83. The summed E-state index contributed by atoms with van der Waals surface area (Å²) in [5.41, 5.74) is -3.47. The first-order valence-electron chi connectivity index (χ1n) is 7.01. The van der Waals surface area contributed by atoms with E-state index >= 15 is 0 Å². The standard InChI is InChI=1S/C15H17Cl2F4NO2/c1-15(2,3)24-14(23)8-9(18)11(20)13(12(21)10(8)19)22(6-4-16)7-5-17/h4-7H2,1-3H3. The molecule has 0 N–H and O–H groups in total. The zero-order chi connectivity index (χ0) is 18.7. The number of rotatable bonds is 6. The van der Waals surface area contributed by atoms with Gasteiger partial charge in [-0.05, 0) is 20.8 Å². The number of hydrogen-bond donors (Lipinski definition) is 0. The average Bonchev–Trinajstić information content (AvgIpc) is 2.44. The van der Waals surface area contributed by atoms with Gasteiger partial charge in [-0.25, -0.2) is 22.4 Å². The molecule has 0 fully saturated rings. The quantitative estimate of drug-likeness (QED) is 0.311. The smallest absolute Gasteiger partial charge is 0.344 e. The van der Waals surface area contributed by atoms with Crippen LogP contribution in [0.2, 0.25) is 0 Å². The first-order valence-corrected chi connectivity index (χ1v) is 8.08. The third kappa shape index (κ3) is 4.66. The maximum Gasteiger partial charge on any atom is 0.344 e. The van der Waals surface area contributed by atoms with Crippen molar-refractivity contribution in [2.24, 2.45) is 0 Å². The van der Waals surface area contributed by atoms with Crippen molar-refractivity contribution < 1.29 is 27.1 Å². The van der Waals surface area contributed by atoms with Gasteiger partial charge in [0.25, 0.3) is 0 Å². The summed E-state index contributed by atoms with van der Waals surface area (Å²) in [4.78, 5) is 12.8. The van der Waals surface area contributed by atoms with E-state index in [1.807, 2.05) is 0 Å². The Hall–Kier alpha value is -1.21. The molecule has 1 aromatic rings. The van der Waals surface area contributed by atoms with Crippen LogP contribution in [-0.4, -0.2) is 36.4 Å². The van der Waals surface area contributed by atoms with Gasteiger partial charge in [0.2, 0.25) is 0 Å². The van der Waals surface area contributed by atoms with Crippen molar-refractivity contribution in [2.45, 2.75) is 26.4 Å². The second kappa shape index (κ2) is 8.25. The molecule has 24 heavy (non-hydrogen) atoms. The highest BCUT2D eigenvalue weighted by atomic mass is 35.5. The maximum absolute atomic E-state index is 14.3. The molecular weight excluding hydrogens is 373 g/mol. The molecule has 0 unspecified atom stereocenters. The van der Waals surface area contributed by atoms with Crippen molar-refractivity contribution in [3.63, 3.8) is 0 Å². The third-order valence-corrected chi connectivity index (χ3v) is 3.21. The van der Waals surface area contributed by atoms with Crippen LogP contribution < -0.4 is 4.90 Å². The van der Waals surface area contributed by atoms with Gasteiger partial charge in [0, 0.05) is 24.8 Å². The topological polar surface area (TPSA) is 29.5 Å². The Labute approximate surface area is 147 Å². The lowest BCUT2D eigenvalue weighted by atomic mass is 10.1. The number of carbonyl (C=O) groups is 1. The number of hydrogen-bond acceptors (Lipinski definition) is 3. The van der Waals surface area contributed by atoms with Gasteiger partial charge >= 0.3 is 5.97 Å². The van der Waals surface area contributed by atoms with Gasteiger partial charge in [0.15, 0.2) is 23.3 Å². The van der Waals surface area contributed by atoms with E-state index < -0.39 is 46.1 Å². The first kappa shape index (κ1) is 20.8. The highest BCUT2D eigenvalue weighted by Crippen LogP contribution is 2.32. The van der Waals surface area contributed by atoms with E-state index in [1.165, 1.54) is 20.8 Å². The summed E-state index contributed by atoms with van der Waals surface area (Å²) in [7, 11) is 0. The Bertz CT molecular complexity index is 585. The molecule has 1 rings (SSSR count). The molecule has 0 heterocycles. The molecule has 0 aliphatic heterocycles. The second-order valence-corrected chi connectivity index (χ2v) is 6.60.